The van der Waals surface area contributed by atoms with Crippen molar-refractivity contribution in [3.8, 4) is 5.75 Å². The van der Waals surface area contributed by atoms with Crippen LogP contribution in [-0.2, 0) is 0 Å². The molecule has 6 heteroatoms. The van der Waals surface area contributed by atoms with Gasteiger partial charge < -0.3 is 10.5 Å². The molecular weight excluding hydrogens is 336 g/mol. The lowest BCUT2D eigenvalue weighted by atomic mass is 9.55. The Bertz CT molecular complexity index is 558. The van der Waals surface area contributed by atoms with E-state index in [0.717, 1.165) is 23.7 Å². The number of non-ortho nitro benzene ring substituents is 1. The zero-order chi connectivity index (χ0) is 15.0. The summed E-state index contributed by atoms with van der Waals surface area (Å²) in [5.41, 5.74) is 6.37. The van der Waals surface area contributed by atoms with Gasteiger partial charge in [0.2, 0.25) is 0 Å². The van der Waals surface area contributed by atoms with Crippen molar-refractivity contribution in [1.82, 2.24) is 0 Å². The monoisotopic (exact) mass is 354 g/mol. The number of halogens is 1. The number of benzene rings is 1. The zero-order valence-corrected chi connectivity index (χ0v) is 13.3. The number of nitro benzene ring substituents is 1. The van der Waals surface area contributed by atoms with Gasteiger partial charge in [0.15, 0.2) is 0 Å². The average molecular weight is 355 g/mol. The molecule has 0 saturated heterocycles. The van der Waals surface area contributed by atoms with Crippen molar-refractivity contribution in [2.75, 3.05) is 0 Å². The van der Waals surface area contributed by atoms with Gasteiger partial charge in [0.05, 0.1) is 15.5 Å². The van der Waals surface area contributed by atoms with Gasteiger partial charge in [-0.2, -0.15) is 0 Å². The van der Waals surface area contributed by atoms with Gasteiger partial charge in [0, 0.05) is 23.9 Å². The van der Waals surface area contributed by atoms with Crippen LogP contribution in [0.4, 0.5) is 5.69 Å². The van der Waals surface area contributed by atoms with Crippen LogP contribution in [0.2, 0.25) is 0 Å². The molecule has 2 aliphatic carbocycles. The van der Waals surface area contributed by atoms with Gasteiger partial charge in [-0.3, -0.25) is 10.1 Å². The second kappa shape index (κ2) is 5.57. The van der Waals surface area contributed by atoms with E-state index in [4.69, 9.17) is 10.5 Å². The fraction of sp³-hybridized carbons (Fsp3) is 0.600. The number of hydrogen-bond acceptors (Lipinski definition) is 4. The molecule has 2 unspecified atom stereocenters. The lowest BCUT2D eigenvalue weighted by Crippen LogP contribution is -2.64. The first-order valence-electron chi connectivity index (χ1n) is 7.39. The van der Waals surface area contributed by atoms with E-state index in [1.54, 1.807) is 6.07 Å². The number of nitrogens with zero attached hydrogens (tertiary/aromatic N) is 1. The Morgan fingerprint density at radius 1 is 1.33 bits per heavy atom. The topological polar surface area (TPSA) is 78.4 Å². The molecule has 2 N–H and O–H groups in total. The summed E-state index contributed by atoms with van der Waals surface area (Å²) in [6, 6.07) is 4.82. The Hall–Kier alpha value is -1.14. The summed E-state index contributed by atoms with van der Waals surface area (Å²) in [6.07, 6.45) is 6.77. The van der Waals surface area contributed by atoms with E-state index < -0.39 is 4.92 Å². The van der Waals surface area contributed by atoms with Crippen LogP contribution in [0.25, 0.3) is 0 Å². The highest BCUT2D eigenvalue weighted by Gasteiger charge is 2.55. The summed E-state index contributed by atoms with van der Waals surface area (Å²) in [4.78, 5) is 10.5. The highest BCUT2D eigenvalue weighted by molar-refractivity contribution is 9.10. The Morgan fingerprint density at radius 3 is 2.67 bits per heavy atom. The first-order valence-corrected chi connectivity index (χ1v) is 8.18. The highest BCUT2D eigenvalue weighted by atomic mass is 79.9. The molecule has 114 valence electrons. The third kappa shape index (κ3) is 2.55. The Morgan fingerprint density at radius 2 is 2.05 bits per heavy atom. The molecule has 2 saturated carbocycles. The molecule has 0 aliphatic heterocycles. The SMILES string of the molecule is NC1CC(Oc2cc([N+](=O)[O-])ccc2Br)C12CCCCC2. The normalized spacial score (nSPS) is 27.1. The third-order valence-corrected chi connectivity index (χ3v) is 5.68. The van der Waals surface area contributed by atoms with Crippen LogP contribution in [0.5, 0.6) is 5.75 Å². The van der Waals surface area contributed by atoms with Crippen LogP contribution in [0.15, 0.2) is 22.7 Å². The maximum absolute atomic E-state index is 10.9. The largest absolute Gasteiger partial charge is 0.488 e. The van der Waals surface area contributed by atoms with Gasteiger partial charge in [-0.05, 0) is 34.8 Å². The predicted octanol–water partition coefficient (Wildman–Crippen LogP) is 3.79. The number of nitrogens with two attached hydrogens (primary N) is 1. The van der Waals surface area contributed by atoms with Crippen LogP contribution in [0.1, 0.15) is 38.5 Å². The smallest absolute Gasteiger partial charge is 0.273 e. The van der Waals surface area contributed by atoms with Crippen molar-refractivity contribution in [1.29, 1.82) is 0 Å². The Balaban J connectivity index is 1.80. The van der Waals surface area contributed by atoms with Gasteiger partial charge in [0.1, 0.15) is 11.9 Å². The van der Waals surface area contributed by atoms with E-state index in [1.807, 2.05) is 0 Å². The number of rotatable bonds is 3. The summed E-state index contributed by atoms with van der Waals surface area (Å²) in [5, 5.41) is 10.9. The van der Waals surface area contributed by atoms with Crippen LogP contribution in [0.3, 0.4) is 0 Å². The predicted molar refractivity (Wildman–Crippen MR) is 83.3 cm³/mol. The van der Waals surface area contributed by atoms with Crippen molar-refractivity contribution in [2.45, 2.75) is 50.7 Å². The van der Waals surface area contributed by atoms with Gasteiger partial charge in [-0.1, -0.05) is 19.3 Å². The molecule has 1 aromatic carbocycles. The maximum Gasteiger partial charge on any atom is 0.273 e. The molecule has 0 bridgehead atoms. The van der Waals surface area contributed by atoms with E-state index in [1.165, 1.54) is 31.4 Å². The summed E-state index contributed by atoms with van der Waals surface area (Å²) >= 11 is 3.41. The van der Waals surface area contributed by atoms with Gasteiger partial charge in [-0.25, -0.2) is 0 Å². The van der Waals surface area contributed by atoms with Gasteiger partial charge in [0.25, 0.3) is 5.69 Å². The summed E-state index contributed by atoms with van der Waals surface area (Å²) in [6.45, 7) is 0. The molecule has 21 heavy (non-hydrogen) atoms. The van der Waals surface area contributed by atoms with Gasteiger partial charge in [-0.15, -0.1) is 0 Å². The molecule has 1 aromatic rings. The van der Waals surface area contributed by atoms with Crippen molar-refractivity contribution in [3.63, 3.8) is 0 Å². The summed E-state index contributed by atoms with van der Waals surface area (Å²) < 4.78 is 6.85. The first-order chi connectivity index (χ1) is 10.0. The minimum atomic E-state index is -0.401. The van der Waals surface area contributed by atoms with Crippen LogP contribution >= 0.6 is 15.9 Å². The number of ether oxygens (including phenoxy) is 1. The van der Waals surface area contributed by atoms with Gasteiger partial charge >= 0.3 is 0 Å². The Labute approximate surface area is 132 Å². The van der Waals surface area contributed by atoms with E-state index in [2.05, 4.69) is 15.9 Å². The van der Waals surface area contributed by atoms with E-state index in [0.29, 0.717) is 5.75 Å². The second-order valence-electron chi connectivity index (χ2n) is 6.11. The summed E-state index contributed by atoms with van der Waals surface area (Å²) in [7, 11) is 0. The van der Waals surface area contributed by atoms with Crippen molar-refractivity contribution in [3.05, 3.63) is 32.8 Å². The molecule has 5 nitrogen and oxygen atoms in total. The average Bonchev–Trinajstić information content (AvgIpc) is 2.49. The molecule has 0 radical (unpaired) electrons. The fourth-order valence-electron chi connectivity index (χ4n) is 3.70. The molecule has 2 aliphatic rings. The maximum atomic E-state index is 10.9. The lowest BCUT2D eigenvalue weighted by molar-refractivity contribution is -0.385. The summed E-state index contributed by atoms with van der Waals surface area (Å²) in [5.74, 6) is 0.547. The zero-order valence-electron chi connectivity index (χ0n) is 11.8. The van der Waals surface area contributed by atoms with Crippen molar-refractivity contribution < 1.29 is 9.66 Å². The first kappa shape index (κ1) is 14.8. The molecule has 0 heterocycles. The molecule has 3 rings (SSSR count). The lowest BCUT2D eigenvalue weighted by Gasteiger charge is -2.56. The molecule has 0 amide bonds. The fourth-order valence-corrected chi connectivity index (χ4v) is 4.04. The molecule has 0 aromatic heterocycles. The molecular formula is C15H19BrN2O3. The van der Waals surface area contributed by atoms with E-state index >= 15 is 0 Å². The second-order valence-corrected chi connectivity index (χ2v) is 6.97. The van der Waals surface area contributed by atoms with Crippen LogP contribution in [-0.4, -0.2) is 17.1 Å². The quantitative estimate of drug-likeness (QED) is 0.661. The van der Waals surface area contributed by atoms with Crippen molar-refractivity contribution >= 4 is 21.6 Å². The highest BCUT2D eigenvalue weighted by Crippen LogP contribution is 2.52. The minimum Gasteiger partial charge on any atom is -0.488 e. The Kier molecular flexibility index (Phi) is 3.92. The third-order valence-electron chi connectivity index (χ3n) is 5.03. The molecule has 2 fully saturated rings. The molecule has 1 spiro atoms. The number of hydrogen-bond donors (Lipinski definition) is 1. The van der Waals surface area contributed by atoms with Crippen LogP contribution < -0.4 is 10.5 Å². The van der Waals surface area contributed by atoms with E-state index in [9.17, 15) is 10.1 Å². The van der Waals surface area contributed by atoms with Crippen molar-refractivity contribution in [2.24, 2.45) is 11.1 Å². The number of nitro groups is 1. The minimum absolute atomic E-state index is 0.0505. The van der Waals surface area contributed by atoms with Crippen LogP contribution in [0, 0.1) is 15.5 Å². The standard InChI is InChI=1S/C15H19BrN2O3/c16-11-5-4-10(18(19)20)8-12(11)21-14-9-13(17)15(14)6-2-1-3-7-15/h4-5,8,13-14H,1-3,6-7,9,17H2. The molecule has 2 atom stereocenters. The van der Waals surface area contributed by atoms with E-state index in [-0.39, 0.29) is 23.2 Å².